The lowest BCUT2D eigenvalue weighted by atomic mass is 9.94. The van der Waals surface area contributed by atoms with Crippen LogP contribution in [0.5, 0.6) is 0 Å². The van der Waals surface area contributed by atoms with Crippen LogP contribution in [0, 0.1) is 0 Å². The van der Waals surface area contributed by atoms with E-state index in [0.717, 1.165) is 32.7 Å². The van der Waals surface area contributed by atoms with Gasteiger partial charge >= 0.3 is 0 Å². The summed E-state index contributed by atoms with van der Waals surface area (Å²) in [5.41, 5.74) is 2.31. The van der Waals surface area contributed by atoms with Crippen LogP contribution in [0.15, 0.2) is 113 Å². The Bertz CT molecular complexity index is 1920. The van der Waals surface area contributed by atoms with Gasteiger partial charge in [-0.25, -0.2) is 4.40 Å². The second-order valence-electron chi connectivity index (χ2n) is 8.52. The number of rotatable bonds is 1. The largest absolute Gasteiger partial charge is 0.268 e. The van der Waals surface area contributed by atoms with Gasteiger partial charge in [0.2, 0.25) is 0 Å². The Labute approximate surface area is 188 Å². The van der Waals surface area contributed by atoms with Gasteiger partial charge in [0, 0.05) is 21.5 Å². The number of fused-ring (bicyclic) bond motifs is 5. The highest BCUT2D eigenvalue weighted by Gasteiger charge is 2.18. The summed E-state index contributed by atoms with van der Waals surface area (Å²) in [6, 6.07) is 34.1. The Morgan fingerprint density at radius 1 is 0.424 bits per heavy atom. The van der Waals surface area contributed by atoms with Gasteiger partial charge in [-0.15, -0.1) is 0 Å². The Balaban J connectivity index is 1.74. The number of benzene rings is 5. The highest BCUT2D eigenvalue weighted by molar-refractivity contribution is 6.19. The fourth-order valence-corrected chi connectivity index (χ4v) is 5.17. The molecule has 0 saturated carbocycles. The Kier molecular flexibility index (Phi) is 3.57. The summed E-state index contributed by atoms with van der Waals surface area (Å²) in [5, 5.41) is 7.03. The van der Waals surface area contributed by atoms with E-state index in [1.54, 1.807) is 12.1 Å². The summed E-state index contributed by atoms with van der Waals surface area (Å²) in [4.78, 5) is 26.8. The minimum Gasteiger partial charge on any atom is -0.268 e. The lowest BCUT2D eigenvalue weighted by Gasteiger charge is -2.15. The van der Waals surface area contributed by atoms with Crippen LogP contribution in [0.3, 0.4) is 0 Å². The molecule has 3 nitrogen and oxygen atoms in total. The first-order chi connectivity index (χ1) is 16.2. The predicted molar refractivity (Wildman–Crippen MR) is 137 cm³/mol. The molecule has 0 radical (unpaired) electrons. The summed E-state index contributed by atoms with van der Waals surface area (Å²) >= 11 is 0. The van der Waals surface area contributed by atoms with E-state index in [1.807, 2.05) is 48.5 Å². The van der Waals surface area contributed by atoms with Crippen molar-refractivity contribution < 1.29 is 0 Å². The highest BCUT2D eigenvalue weighted by atomic mass is 16.2. The normalized spacial score (nSPS) is 11.9. The van der Waals surface area contributed by atoms with Crippen LogP contribution >= 0.6 is 0 Å². The van der Waals surface area contributed by atoms with Gasteiger partial charge in [0.1, 0.15) is 0 Å². The zero-order valence-electron chi connectivity index (χ0n) is 17.6. The lowest BCUT2D eigenvalue weighted by Crippen LogP contribution is -2.27. The van der Waals surface area contributed by atoms with E-state index in [9.17, 15) is 9.59 Å². The van der Waals surface area contributed by atoms with Crippen LogP contribution in [0.1, 0.15) is 0 Å². The van der Waals surface area contributed by atoms with Crippen molar-refractivity contribution in [3.05, 3.63) is 124 Å². The number of hydrogen-bond donors (Lipinski definition) is 0. The molecule has 0 N–H and O–H groups in total. The van der Waals surface area contributed by atoms with Gasteiger partial charge < -0.3 is 0 Å². The number of aromatic nitrogens is 1. The highest BCUT2D eigenvalue weighted by Crippen LogP contribution is 2.35. The Hall–Kier alpha value is -4.50. The van der Waals surface area contributed by atoms with Gasteiger partial charge in [-0.1, -0.05) is 72.8 Å². The van der Waals surface area contributed by atoms with E-state index in [4.69, 9.17) is 0 Å². The van der Waals surface area contributed by atoms with E-state index in [0.29, 0.717) is 16.3 Å². The summed E-state index contributed by atoms with van der Waals surface area (Å²) < 4.78 is 1.36. The molecule has 3 heteroatoms. The summed E-state index contributed by atoms with van der Waals surface area (Å²) in [6.07, 6.45) is 0. The molecule has 7 rings (SSSR count). The maximum atomic E-state index is 13.4. The molecule has 2 heterocycles. The zero-order chi connectivity index (χ0) is 22.1. The summed E-state index contributed by atoms with van der Waals surface area (Å²) in [6.45, 7) is 0. The van der Waals surface area contributed by atoms with Crippen molar-refractivity contribution in [3.63, 3.8) is 0 Å². The van der Waals surface area contributed by atoms with E-state index in [1.165, 1.54) is 15.2 Å². The molecule has 0 spiro atoms. The van der Waals surface area contributed by atoms with Crippen molar-refractivity contribution in [2.45, 2.75) is 0 Å². The third-order valence-electron chi connectivity index (χ3n) is 6.72. The van der Waals surface area contributed by atoms with Crippen LogP contribution in [-0.2, 0) is 0 Å². The number of hydrogen-bond acceptors (Lipinski definition) is 2. The maximum Gasteiger partial charge on any atom is 0.266 e. The fourth-order valence-electron chi connectivity index (χ4n) is 5.17. The Morgan fingerprint density at radius 2 is 0.939 bits per heavy atom. The molecule has 0 atom stereocenters. The second kappa shape index (κ2) is 6.50. The van der Waals surface area contributed by atoms with Gasteiger partial charge in [0.15, 0.2) is 0 Å². The molecule has 154 valence electrons. The van der Waals surface area contributed by atoms with Crippen molar-refractivity contribution in [3.8, 4) is 11.1 Å². The van der Waals surface area contributed by atoms with Crippen LogP contribution in [0.2, 0.25) is 0 Å². The molecule has 0 saturated heterocycles. The molecule has 0 bridgehead atoms. The molecular weight excluding hydrogens is 406 g/mol. The molecule has 0 aliphatic heterocycles. The molecule has 0 aliphatic rings. The maximum absolute atomic E-state index is 13.4. The van der Waals surface area contributed by atoms with Gasteiger partial charge in [-0.05, 0) is 63.0 Å². The monoisotopic (exact) mass is 423 g/mol. The van der Waals surface area contributed by atoms with Gasteiger partial charge in [0.05, 0.1) is 5.52 Å². The number of pyridine rings is 2. The molecule has 0 unspecified atom stereocenters. The third-order valence-corrected chi connectivity index (χ3v) is 6.72. The summed E-state index contributed by atoms with van der Waals surface area (Å²) in [5.74, 6) is 0. The lowest BCUT2D eigenvalue weighted by molar-refractivity contribution is 1.09. The van der Waals surface area contributed by atoms with Crippen molar-refractivity contribution >= 4 is 48.6 Å². The second-order valence-corrected chi connectivity index (χ2v) is 8.52. The quantitative estimate of drug-likeness (QED) is 0.227. The average molecular weight is 423 g/mol. The SMILES string of the molecule is O=c1c2ccccc2c2cc(-c3ccc4ccccc4c3)cc3c4ccccc4c(=O)n1c23. The molecule has 0 fully saturated rings. The average Bonchev–Trinajstić information content (AvgIpc) is 2.88. The topological polar surface area (TPSA) is 38.5 Å². The Morgan fingerprint density at radius 3 is 1.55 bits per heavy atom. The van der Waals surface area contributed by atoms with Gasteiger partial charge in [-0.3, -0.25) is 9.59 Å². The summed E-state index contributed by atoms with van der Waals surface area (Å²) in [7, 11) is 0. The molecule has 5 aromatic carbocycles. The van der Waals surface area contributed by atoms with Crippen molar-refractivity contribution in [1.29, 1.82) is 0 Å². The first kappa shape index (κ1) is 18.1. The first-order valence-electron chi connectivity index (χ1n) is 11.0. The standard InChI is InChI=1S/C30H17NO2/c32-29-24-11-5-3-9-22(24)26-16-21(20-14-13-18-7-1-2-8-19(18)15-20)17-27-23-10-4-6-12-25(23)30(33)31(29)28(26)27/h1-17H. The van der Waals surface area contributed by atoms with Gasteiger partial charge in [-0.2, -0.15) is 0 Å². The smallest absolute Gasteiger partial charge is 0.266 e. The number of nitrogens with zero attached hydrogens (tertiary/aromatic N) is 1. The molecule has 0 amide bonds. The molecule has 7 aromatic rings. The van der Waals surface area contributed by atoms with Crippen LogP contribution < -0.4 is 11.1 Å². The minimum atomic E-state index is -0.266. The van der Waals surface area contributed by atoms with E-state index in [-0.39, 0.29) is 11.1 Å². The molecule has 0 aliphatic carbocycles. The molecule has 33 heavy (non-hydrogen) atoms. The minimum absolute atomic E-state index is 0.266. The van der Waals surface area contributed by atoms with Crippen molar-refractivity contribution in [2.24, 2.45) is 0 Å². The van der Waals surface area contributed by atoms with E-state index in [2.05, 4.69) is 42.5 Å². The third kappa shape index (κ3) is 2.45. The van der Waals surface area contributed by atoms with E-state index < -0.39 is 0 Å². The van der Waals surface area contributed by atoms with Crippen LogP contribution in [0.25, 0.3) is 59.7 Å². The first-order valence-corrected chi connectivity index (χ1v) is 11.0. The van der Waals surface area contributed by atoms with Crippen molar-refractivity contribution in [1.82, 2.24) is 4.40 Å². The van der Waals surface area contributed by atoms with Crippen LogP contribution in [-0.4, -0.2) is 4.40 Å². The van der Waals surface area contributed by atoms with Gasteiger partial charge in [0.25, 0.3) is 11.1 Å². The zero-order valence-corrected chi connectivity index (χ0v) is 17.6. The van der Waals surface area contributed by atoms with Crippen LogP contribution in [0.4, 0.5) is 0 Å². The van der Waals surface area contributed by atoms with Crippen molar-refractivity contribution in [2.75, 3.05) is 0 Å². The van der Waals surface area contributed by atoms with E-state index >= 15 is 0 Å². The fraction of sp³-hybridized carbons (Fsp3) is 0. The predicted octanol–water partition coefficient (Wildman–Crippen LogP) is 6.38. The molecule has 2 aromatic heterocycles. The molecular formula is C30H17NO2.